The third-order valence-corrected chi connectivity index (χ3v) is 5.78. The third-order valence-electron chi connectivity index (χ3n) is 4.52. The molecule has 0 atom stereocenters. The zero-order valence-corrected chi connectivity index (χ0v) is 16.1. The number of hydrogen-bond donors (Lipinski definition) is 3. The van der Waals surface area contributed by atoms with Gasteiger partial charge in [0.2, 0.25) is 0 Å². The van der Waals surface area contributed by atoms with Crippen molar-refractivity contribution >= 4 is 15.8 Å². The molecular formula is C18H29N3O3S. The maximum atomic E-state index is 11.7. The van der Waals surface area contributed by atoms with Gasteiger partial charge >= 0.3 is 0 Å². The molecule has 140 valence electrons. The average molecular weight is 368 g/mol. The number of aryl methyl sites for hydroxylation is 1. The number of sulfone groups is 1. The second kappa shape index (κ2) is 8.19. The van der Waals surface area contributed by atoms with E-state index in [1.807, 2.05) is 13.0 Å². The van der Waals surface area contributed by atoms with Crippen LogP contribution in [-0.4, -0.2) is 44.4 Å². The second-order valence-electron chi connectivity index (χ2n) is 6.85. The van der Waals surface area contributed by atoms with Crippen LogP contribution in [0.25, 0.3) is 0 Å². The minimum Gasteiger partial charge on any atom is -0.388 e. The van der Waals surface area contributed by atoms with E-state index >= 15 is 0 Å². The zero-order valence-electron chi connectivity index (χ0n) is 15.3. The molecule has 0 heterocycles. The molecule has 0 aliphatic heterocycles. The van der Waals surface area contributed by atoms with Crippen LogP contribution in [-0.2, 0) is 16.4 Å². The summed E-state index contributed by atoms with van der Waals surface area (Å²) < 4.78 is 23.4. The highest BCUT2D eigenvalue weighted by atomic mass is 32.2. The molecule has 1 aromatic carbocycles. The van der Waals surface area contributed by atoms with Crippen molar-refractivity contribution in [2.45, 2.75) is 56.6 Å². The topological polar surface area (TPSA) is 90.8 Å². The van der Waals surface area contributed by atoms with Crippen molar-refractivity contribution in [2.24, 2.45) is 4.99 Å². The van der Waals surface area contributed by atoms with E-state index in [2.05, 4.69) is 15.6 Å². The smallest absolute Gasteiger partial charge is 0.191 e. The van der Waals surface area contributed by atoms with E-state index in [1.165, 1.54) is 6.26 Å². The molecule has 7 heteroatoms. The molecule has 2 rings (SSSR count). The van der Waals surface area contributed by atoms with Gasteiger partial charge in [0, 0.05) is 19.3 Å². The molecule has 0 spiro atoms. The number of nitrogens with zero attached hydrogens (tertiary/aromatic N) is 1. The van der Waals surface area contributed by atoms with Crippen molar-refractivity contribution < 1.29 is 13.5 Å². The normalized spacial score (nSPS) is 17.5. The van der Waals surface area contributed by atoms with Crippen LogP contribution in [0.4, 0.5) is 0 Å². The minimum atomic E-state index is -3.20. The number of guanidine groups is 1. The summed E-state index contributed by atoms with van der Waals surface area (Å²) in [5.74, 6) is 0.660. The molecular weight excluding hydrogens is 338 g/mol. The van der Waals surface area contributed by atoms with Gasteiger partial charge in [-0.3, -0.25) is 0 Å². The molecule has 1 saturated carbocycles. The lowest BCUT2D eigenvalue weighted by Gasteiger charge is -2.23. The van der Waals surface area contributed by atoms with Gasteiger partial charge < -0.3 is 15.7 Å². The summed E-state index contributed by atoms with van der Waals surface area (Å²) in [5.41, 5.74) is 1.04. The Kier molecular flexibility index (Phi) is 6.46. The van der Waals surface area contributed by atoms with Gasteiger partial charge in [-0.25, -0.2) is 13.4 Å². The van der Waals surface area contributed by atoms with Crippen molar-refractivity contribution in [3.8, 4) is 0 Å². The Bertz CT molecular complexity index is 723. The Balaban J connectivity index is 2.04. The summed E-state index contributed by atoms with van der Waals surface area (Å²) in [7, 11) is -3.20. The summed E-state index contributed by atoms with van der Waals surface area (Å²) >= 11 is 0. The quantitative estimate of drug-likeness (QED) is 0.526. The number of aliphatic imine (C=N–C) groups is 1. The molecule has 0 saturated heterocycles. The predicted octanol–water partition coefficient (Wildman–Crippen LogP) is 1.76. The van der Waals surface area contributed by atoms with Crippen LogP contribution < -0.4 is 10.6 Å². The van der Waals surface area contributed by atoms with Crippen molar-refractivity contribution in [3.05, 3.63) is 29.3 Å². The maximum Gasteiger partial charge on any atom is 0.191 e. The van der Waals surface area contributed by atoms with Crippen molar-refractivity contribution in [2.75, 3.05) is 19.3 Å². The van der Waals surface area contributed by atoms with E-state index in [0.717, 1.165) is 43.4 Å². The number of benzene rings is 1. The predicted molar refractivity (Wildman–Crippen MR) is 101 cm³/mol. The highest BCUT2D eigenvalue weighted by Crippen LogP contribution is 2.28. The molecule has 3 N–H and O–H groups in total. The SMILES string of the molecule is CCNC(=NCc1ccc(S(C)(=O)=O)c(C)c1)NCC1(O)CCCC1. The van der Waals surface area contributed by atoms with Crippen LogP contribution in [0.5, 0.6) is 0 Å². The zero-order chi connectivity index (χ0) is 18.5. The lowest BCUT2D eigenvalue weighted by molar-refractivity contribution is 0.0522. The monoisotopic (exact) mass is 367 g/mol. The van der Waals surface area contributed by atoms with Crippen LogP contribution in [0, 0.1) is 6.92 Å². The molecule has 1 aliphatic rings. The summed E-state index contributed by atoms with van der Waals surface area (Å²) in [6, 6.07) is 5.28. The van der Waals surface area contributed by atoms with Crippen molar-refractivity contribution in [1.29, 1.82) is 0 Å². The first-order valence-corrected chi connectivity index (χ1v) is 10.7. The lowest BCUT2D eigenvalue weighted by atomic mass is 10.0. The third kappa shape index (κ3) is 5.71. The molecule has 0 unspecified atom stereocenters. The number of rotatable bonds is 6. The molecule has 0 radical (unpaired) electrons. The van der Waals surface area contributed by atoms with Gasteiger partial charge in [-0.1, -0.05) is 25.0 Å². The Morgan fingerprint density at radius 2 is 1.96 bits per heavy atom. The highest BCUT2D eigenvalue weighted by molar-refractivity contribution is 7.90. The van der Waals surface area contributed by atoms with Gasteiger partial charge in [-0.05, 0) is 43.9 Å². The average Bonchev–Trinajstić information content (AvgIpc) is 2.96. The maximum absolute atomic E-state index is 11.7. The fraction of sp³-hybridized carbons (Fsp3) is 0.611. The van der Waals surface area contributed by atoms with Crippen LogP contribution in [0.1, 0.15) is 43.7 Å². The number of aliphatic hydroxyl groups is 1. The van der Waals surface area contributed by atoms with Gasteiger partial charge in [0.15, 0.2) is 15.8 Å². The summed E-state index contributed by atoms with van der Waals surface area (Å²) in [6.45, 7) is 5.45. The lowest BCUT2D eigenvalue weighted by Crippen LogP contribution is -2.46. The van der Waals surface area contributed by atoms with E-state index in [4.69, 9.17) is 0 Å². The largest absolute Gasteiger partial charge is 0.388 e. The second-order valence-corrected chi connectivity index (χ2v) is 8.84. The van der Waals surface area contributed by atoms with Gasteiger partial charge in [-0.15, -0.1) is 0 Å². The van der Waals surface area contributed by atoms with Gasteiger partial charge in [0.25, 0.3) is 0 Å². The first kappa shape index (κ1) is 19.7. The van der Waals surface area contributed by atoms with Crippen LogP contribution in [0.2, 0.25) is 0 Å². The summed E-state index contributed by atoms with van der Waals surface area (Å²) in [6.07, 6.45) is 5.00. The fourth-order valence-corrected chi connectivity index (χ4v) is 4.16. The molecule has 0 aromatic heterocycles. The van der Waals surface area contributed by atoms with Gasteiger partial charge in [-0.2, -0.15) is 0 Å². The molecule has 6 nitrogen and oxygen atoms in total. The molecule has 1 fully saturated rings. The van der Waals surface area contributed by atoms with Gasteiger partial charge in [0.05, 0.1) is 17.0 Å². The first-order chi connectivity index (χ1) is 11.7. The first-order valence-electron chi connectivity index (χ1n) is 8.78. The number of hydrogen-bond acceptors (Lipinski definition) is 4. The van der Waals surface area contributed by atoms with Crippen molar-refractivity contribution in [3.63, 3.8) is 0 Å². The molecule has 0 bridgehead atoms. The van der Waals surface area contributed by atoms with E-state index in [-0.39, 0.29) is 0 Å². The Morgan fingerprint density at radius 1 is 1.28 bits per heavy atom. The molecule has 1 aliphatic carbocycles. The van der Waals surface area contributed by atoms with E-state index < -0.39 is 15.4 Å². The van der Waals surface area contributed by atoms with E-state index in [1.54, 1.807) is 19.1 Å². The number of nitrogens with one attached hydrogen (secondary N) is 2. The fourth-order valence-electron chi connectivity index (χ4n) is 3.20. The minimum absolute atomic E-state index is 0.355. The standard InChI is InChI=1S/C18H29N3O3S/c1-4-19-17(21-13-18(22)9-5-6-10-18)20-12-15-7-8-16(14(2)11-15)25(3,23)24/h7-8,11,22H,4-6,9-10,12-13H2,1-3H3,(H2,19,20,21). The Morgan fingerprint density at radius 3 is 2.52 bits per heavy atom. The molecule has 25 heavy (non-hydrogen) atoms. The Labute approximate surface area is 150 Å². The van der Waals surface area contributed by atoms with Crippen LogP contribution >= 0.6 is 0 Å². The van der Waals surface area contributed by atoms with Crippen LogP contribution in [0.15, 0.2) is 28.1 Å². The summed E-state index contributed by atoms with van der Waals surface area (Å²) in [4.78, 5) is 4.90. The van der Waals surface area contributed by atoms with E-state index in [9.17, 15) is 13.5 Å². The summed E-state index contributed by atoms with van der Waals surface area (Å²) in [5, 5.41) is 16.8. The molecule has 0 amide bonds. The Hall–Kier alpha value is -1.60. The van der Waals surface area contributed by atoms with E-state index in [0.29, 0.717) is 23.9 Å². The molecule has 1 aromatic rings. The van der Waals surface area contributed by atoms with Gasteiger partial charge in [0.1, 0.15) is 0 Å². The highest BCUT2D eigenvalue weighted by Gasteiger charge is 2.30. The van der Waals surface area contributed by atoms with Crippen molar-refractivity contribution in [1.82, 2.24) is 10.6 Å². The van der Waals surface area contributed by atoms with Crippen LogP contribution in [0.3, 0.4) is 0 Å².